The molecule has 1 aliphatic rings. The van der Waals surface area contributed by atoms with Crippen molar-refractivity contribution >= 4 is 17.0 Å². The number of aliphatic hydroxyl groups is 2. The lowest BCUT2D eigenvalue weighted by molar-refractivity contribution is 0.126. The molecule has 7 nitrogen and oxygen atoms in total. The first-order valence-electron chi connectivity index (χ1n) is 9.07. The molecule has 0 aliphatic heterocycles. The third-order valence-corrected chi connectivity index (χ3v) is 4.94. The number of hydrogen-bond acceptors (Lipinski definition) is 6. The van der Waals surface area contributed by atoms with Crippen LogP contribution in [0.4, 0.5) is 5.95 Å². The summed E-state index contributed by atoms with van der Waals surface area (Å²) in [6, 6.07) is 6.11. The minimum absolute atomic E-state index is 0.0594. The highest BCUT2D eigenvalue weighted by Crippen LogP contribution is 2.29. The van der Waals surface area contributed by atoms with E-state index >= 15 is 0 Å². The second-order valence-electron chi connectivity index (χ2n) is 6.75. The van der Waals surface area contributed by atoms with Crippen molar-refractivity contribution in [2.45, 2.75) is 44.4 Å². The van der Waals surface area contributed by atoms with Crippen molar-refractivity contribution < 1.29 is 10.2 Å². The van der Waals surface area contributed by atoms with E-state index in [9.17, 15) is 10.2 Å². The summed E-state index contributed by atoms with van der Waals surface area (Å²) in [5.74, 6) is 0.607. The highest BCUT2D eigenvalue weighted by molar-refractivity contribution is 5.93. The SMILES string of the molecule is OCCn1cc(-c2ccnc(NC3CCC(O)CC3)n2)c2cccnc21. The lowest BCUT2D eigenvalue weighted by Gasteiger charge is -2.26. The molecule has 0 aromatic carbocycles. The van der Waals surface area contributed by atoms with Crippen LogP contribution in [0.2, 0.25) is 0 Å². The van der Waals surface area contributed by atoms with Crippen LogP contribution in [0, 0.1) is 0 Å². The zero-order chi connectivity index (χ0) is 17.9. The van der Waals surface area contributed by atoms with E-state index in [2.05, 4.69) is 15.3 Å². The summed E-state index contributed by atoms with van der Waals surface area (Å²) in [6.07, 6.45) is 8.80. The first-order valence-corrected chi connectivity index (χ1v) is 9.07. The van der Waals surface area contributed by atoms with Crippen molar-refractivity contribution in [2.24, 2.45) is 0 Å². The zero-order valence-corrected chi connectivity index (χ0v) is 14.5. The van der Waals surface area contributed by atoms with Crippen LogP contribution >= 0.6 is 0 Å². The van der Waals surface area contributed by atoms with Gasteiger partial charge in [0.1, 0.15) is 5.65 Å². The molecule has 1 aliphatic carbocycles. The van der Waals surface area contributed by atoms with Crippen molar-refractivity contribution in [2.75, 3.05) is 11.9 Å². The van der Waals surface area contributed by atoms with Gasteiger partial charge in [0.05, 0.1) is 18.4 Å². The molecule has 0 saturated heterocycles. The van der Waals surface area contributed by atoms with E-state index in [1.165, 1.54) is 0 Å². The third-order valence-electron chi connectivity index (χ3n) is 4.94. The summed E-state index contributed by atoms with van der Waals surface area (Å²) in [7, 11) is 0. The van der Waals surface area contributed by atoms with Gasteiger partial charge in [-0.3, -0.25) is 0 Å². The van der Waals surface area contributed by atoms with Gasteiger partial charge in [-0.2, -0.15) is 0 Å². The largest absolute Gasteiger partial charge is 0.395 e. The maximum absolute atomic E-state index is 9.65. The Morgan fingerprint density at radius 1 is 1.12 bits per heavy atom. The van der Waals surface area contributed by atoms with Gasteiger partial charge in [0.2, 0.25) is 5.95 Å². The van der Waals surface area contributed by atoms with Crippen LogP contribution in [0.5, 0.6) is 0 Å². The van der Waals surface area contributed by atoms with Gasteiger partial charge in [0.15, 0.2) is 0 Å². The summed E-state index contributed by atoms with van der Waals surface area (Å²) < 4.78 is 1.95. The van der Waals surface area contributed by atoms with Gasteiger partial charge in [0.25, 0.3) is 0 Å². The summed E-state index contributed by atoms with van der Waals surface area (Å²) >= 11 is 0. The maximum atomic E-state index is 9.65. The number of nitrogens with zero attached hydrogens (tertiary/aromatic N) is 4. The fourth-order valence-electron chi connectivity index (χ4n) is 3.59. The van der Waals surface area contributed by atoms with Crippen LogP contribution in [0.25, 0.3) is 22.3 Å². The third kappa shape index (κ3) is 3.40. The Hall–Kier alpha value is -2.51. The Morgan fingerprint density at radius 2 is 1.96 bits per heavy atom. The zero-order valence-electron chi connectivity index (χ0n) is 14.5. The molecule has 0 radical (unpaired) electrons. The number of fused-ring (bicyclic) bond motifs is 1. The second-order valence-corrected chi connectivity index (χ2v) is 6.75. The number of nitrogens with one attached hydrogen (secondary N) is 1. The first kappa shape index (κ1) is 16.9. The summed E-state index contributed by atoms with van der Waals surface area (Å²) in [4.78, 5) is 13.5. The molecule has 1 saturated carbocycles. The van der Waals surface area contributed by atoms with E-state index in [1.54, 1.807) is 12.4 Å². The molecule has 136 valence electrons. The molecular formula is C19H23N5O2. The highest BCUT2D eigenvalue weighted by Gasteiger charge is 2.20. The summed E-state index contributed by atoms with van der Waals surface area (Å²) in [5, 5.41) is 23.4. The first-order chi connectivity index (χ1) is 12.7. The summed E-state index contributed by atoms with van der Waals surface area (Å²) in [5.41, 5.74) is 2.64. The molecular weight excluding hydrogens is 330 g/mol. The minimum Gasteiger partial charge on any atom is -0.395 e. The van der Waals surface area contributed by atoms with Crippen molar-refractivity contribution in [3.8, 4) is 11.3 Å². The number of rotatable bonds is 5. The van der Waals surface area contributed by atoms with Crippen LogP contribution in [-0.2, 0) is 6.54 Å². The minimum atomic E-state index is -0.176. The van der Waals surface area contributed by atoms with Crippen molar-refractivity contribution in [1.82, 2.24) is 19.5 Å². The molecule has 0 unspecified atom stereocenters. The maximum Gasteiger partial charge on any atom is 0.223 e. The van der Waals surface area contributed by atoms with E-state index in [0.29, 0.717) is 18.5 Å². The molecule has 26 heavy (non-hydrogen) atoms. The van der Waals surface area contributed by atoms with Gasteiger partial charge in [-0.25, -0.2) is 15.0 Å². The Labute approximate surface area is 151 Å². The standard InChI is InChI=1S/C19H23N5O2/c25-11-10-24-12-16(15-2-1-8-20-18(15)24)17-7-9-21-19(23-17)22-13-3-5-14(26)6-4-13/h1-2,7-9,12-14,25-26H,3-6,10-11H2,(H,21,22,23). The number of aromatic nitrogens is 4. The smallest absolute Gasteiger partial charge is 0.223 e. The molecule has 3 aromatic heterocycles. The molecule has 0 spiro atoms. The molecule has 0 bridgehead atoms. The van der Waals surface area contributed by atoms with E-state index < -0.39 is 0 Å². The second kappa shape index (κ2) is 7.39. The van der Waals surface area contributed by atoms with Crippen LogP contribution in [0.3, 0.4) is 0 Å². The molecule has 3 heterocycles. The van der Waals surface area contributed by atoms with Crippen molar-refractivity contribution in [3.05, 3.63) is 36.8 Å². The fourth-order valence-corrected chi connectivity index (χ4v) is 3.59. The van der Waals surface area contributed by atoms with Gasteiger partial charge in [-0.05, 0) is 43.9 Å². The molecule has 1 fully saturated rings. The molecule has 4 rings (SSSR count). The lowest BCUT2D eigenvalue weighted by Crippen LogP contribution is -2.28. The van der Waals surface area contributed by atoms with E-state index in [0.717, 1.165) is 48.0 Å². The van der Waals surface area contributed by atoms with E-state index in [1.807, 2.05) is 29.0 Å². The number of anilines is 1. The average Bonchev–Trinajstić information content (AvgIpc) is 3.03. The number of aliphatic hydroxyl groups excluding tert-OH is 2. The molecule has 0 amide bonds. The van der Waals surface area contributed by atoms with E-state index in [4.69, 9.17) is 4.98 Å². The molecule has 7 heteroatoms. The van der Waals surface area contributed by atoms with Crippen LogP contribution in [-0.4, -0.2) is 48.5 Å². The highest BCUT2D eigenvalue weighted by atomic mass is 16.3. The number of hydrogen-bond donors (Lipinski definition) is 3. The monoisotopic (exact) mass is 353 g/mol. The molecule has 3 aromatic rings. The van der Waals surface area contributed by atoms with Gasteiger partial charge in [0, 0.05) is 42.1 Å². The lowest BCUT2D eigenvalue weighted by atomic mass is 9.93. The fraction of sp³-hybridized carbons (Fsp3) is 0.421. The van der Waals surface area contributed by atoms with Crippen LogP contribution < -0.4 is 5.32 Å². The van der Waals surface area contributed by atoms with Gasteiger partial charge >= 0.3 is 0 Å². The number of pyridine rings is 1. The molecule has 0 atom stereocenters. The Bertz CT molecular complexity index is 887. The molecule has 3 N–H and O–H groups in total. The summed E-state index contributed by atoms with van der Waals surface area (Å²) in [6.45, 7) is 0.554. The van der Waals surface area contributed by atoms with E-state index in [-0.39, 0.29) is 12.7 Å². The average molecular weight is 353 g/mol. The van der Waals surface area contributed by atoms with Crippen LogP contribution in [0.1, 0.15) is 25.7 Å². The van der Waals surface area contributed by atoms with Crippen LogP contribution in [0.15, 0.2) is 36.8 Å². The predicted molar refractivity (Wildman–Crippen MR) is 99.7 cm³/mol. The van der Waals surface area contributed by atoms with Crippen molar-refractivity contribution in [1.29, 1.82) is 0 Å². The quantitative estimate of drug-likeness (QED) is 0.651. The Morgan fingerprint density at radius 3 is 2.77 bits per heavy atom. The Balaban J connectivity index is 1.63. The van der Waals surface area contributed by atoms with Gasteiger partial charge in [-0.1, -0.05) is 0 Å². The van der Waals surface area contributed by atoms with Crippen molar-refractivity contribution in [3.63, 3.8) is 0 Å². The topological polar surface area (TPSA) is 96.1 Å². The normalized spacial score (nSPS) is 20.4. The van der Waals surface area contributed by atoms with Gasteiger partial charge in [-0.15, -0.1) is 0 Å². The Kier molecular flexibility index (Phi) is 4.81. The predicted octanol–water partition coefficient (Wildman–Crippen LogP) is 2.20. The van der Waals surface area contributed by atoms with Gasteiger partial charge < -0.3 is 20.1 Å².